The van der Waals surface area contributed by atoms with Crippen LogP contribution >= 0.6 is 23.5 Å². The van der Waals surface area contributed by atoms with Gasteiger partial charge in [0.1, 0.15) is 0 Å². The normalized spacial score (nSPS) is 13.6. The molecule has 6 heteroatoms. The van der Waals surface area contributed by atoms with Gasteiger partial charge in [-0.2, -0.15) is 4.57 Å². The van der Waals surface area contributed by atoms with E-state index in [1.807, 2.05) is 29.6 Å². The summed E-state index contributed by atoms with van der Waals surface area (Å²) in [6.45, 7) is 4.75. The number of pyridine rings is 2. The number of ether oxygens (including phenoxy) is 1. The van der Waals surface area contributed by atoms with Crippen molar-refractivity contribution in [2.75, 3.05) is 7.11 Å². The van der Waals surface area contributed by atoms with Gasteiger partial charge in [0.05, 0.1) is 23.9 Å². The van der Waals surface area contributed by atoms with Gasteiger partial charge in [0, 0.05) is 20.6 Å². The Kier molecular flexibility index (Phi) is 5.64. The van der Waals surface area contributed by atoms with Gasteiger partial charge in [-0.3, -0.25) is 0 Å². The van der Waals surface area contributed by atoms with Crippen molar-refractivity contribution in [2.24, 2.45) is 0 Å². The lowest BCUT2D eigenvalue weighted by Gasteiger charge is -2.16. The van der Waals surface area contributed by atoms with Gasteiger partial charge in [-0.15, -0.1) is 4.57 Å². The average Bonchev–Trinajstić information content (AvgIpc) is 2.94. The Balaban J connectivity index is 0.000000125. The fraction of sp³-hybridized carbons (Fsp3) is 0.161. The molecule has 4 aromatic carbocycles. The van der Waals surface area contributed by atoms with E-state index in [4.69, 9.17) is 4.74 Å². The first-order chi connectivity index (χ1) is 18.1. The van der Waals surface area contributed by atoms with E-state index >= 15 is 0 Å². The van der Waals surface area contributed by atoms with E-state index in [0.717, 1.165) is 17.6 Å². The minimum Gasteiger partial charge on any atom is -0.448 e. The first-order valence-electron chi connectivity index (χ1n) is 12.5. The number of rotatable bonds is 2. The summed E-state index contributed by atoms with van der Waals surface area (Å²) < 4.78 is 10.3. The average molecular weight is 536 g/mol. The van der Waals surface area contributed by atoms with Crippen LogP contribution < -0.4 is 19.2 Å². The zero-order valence-electron chi connectivity index (χ0n) is 21.1. The molecule has 0 atom stereocenters. The molecule has 0 N–H and O–H groups in total. The summed E-state index contributed by atoms with van der Waals surface area (Å²) in [6, 6.07) is 30.9. The van der Waals surface area contributed by atoms with E-state index in [2.05, 4.69) is 101 Å². The molecule has 0 bridgehead atoms. The van der Waals surface area contributed by atoms with Crippen LogP contribution in [0.5, 0.6) is 5.88 Å². The smallest absolute Gasteiger partial charge is 0.368 e. The Bertz CT molecular complexity index is 1870. The molecule has 0 amide bonds. The van der Waals surface area contributed by atoms with Gasteiger partial charge in [-0.1, -0.05) is 73.0 Å². The third kappa shape index (κ3) is 3.65. The van der Waals surface area contributed by atoms with Crippen LogP contribution in [0, 0.1) is 0 Å². The minimum absolute atomic E-state index is 0.433. The van der Waals surface area contributed by atoms with Crippen molar-refractivity contribution in [1.29, 1.82) is 0 Å². The highest BCUT2D eigenvalue weighted by Gasteiger charge is 2.27. The van der Waals surface area contributed by atoms with Crippen molar-refractivity contribution in [3.8, 4) is 5.88 Å². The third-order valence-electron chi connectivity index (χ3n) is 7.36. The fourth-order valence-electron chi connectivity index (χ4n) is 5.66. The second-order valence-corrected chi connectivity index (χ2v) is 14.2. The van der Waals surface area contributed by atoms with Gasteiger partial charge in [0.25, 0.3) is 0 Å². The summed E-state index contributed by atoms with van der Waals surface area (Å²) in [7, 11) is 1.30. The second kappa shape index (κ2) is 9.05. The minimum atomic E-state index is -0.433. The molecule has 37 heavy (non-hydrogen) atoms. The Morgan fingerprint density at radius 1 is 0.622 bits per heavy atom. The largest absolute Gasteiger partial charge is 0.448 e. The number of hydrogen-bond acceptors (Lipinski definition) is 3. The van der Waals surface area contributed by atoms with Crippen LogP contribution in [-0.4, -0.2) is 15.9 Å². The molecule has 181 valence electrons. The van der Waals surface area contributed by atoms with Crippen molar-refractivity contribution < 1.29 is 13.9 Å². The molecule has 6 aromatic rings. The molecular weight excluding hydrogens is 509 g/mol. The Morgan fingerprint density at radius 3 is 1.73 bits per heavy atom. The van der Waals surface area contributed by atoms with Gasteiger partial charge in [-0.25, -0.2) is 0 Å². The summed E-state index contributed by atoms with van der Waals surface area (Å²) in [5, 5.41) is 9.64. The lowest BCUT2D eigenvalue weighted by atomic mass is 10.1. The van der Waals surface area contributed by atoms with E-state index in [-0.39, 0.29) is 0 Å². The van der Waals surface area contributed by atoms with Crippen LogP contribution in [-0.2, 0) is 11.8 Å². The van der Waals surface area contributed by atoms with Crippen molar-refractivity contribution in [3.05, 3.63) is 84.9 Å². The first-order valence-corrected chi connectivity index (χ1v) is 17.0. The molecule has 0 saturated heterocycles. The lowest BCUT2D eigenvalue weighted by molar-refractivity contribution is -0.654. The van der Waals surface area contributed by atoms with Crippen molar-refractivity contribution in [2.45, 2.75) is 34.6 Å². The molecule has 0 aliphatic carbocycles. The highest BCUT2D eigenvalue weighted by molar-refractivity contribution is 7.98. The lowest BCUT2D eigenvalue weighted by Crippen LogP contribution is -2.55. The Hall–Kier alpha value is -3.06. The van der Waals surface area contributed by atoms with Gasteiger partial charge >= 0.3 is 5.88 Å². The van der Waals surface area contributed by atoms with E-state index in [9.17, 15) is 0 Å². The summed E-state index contributed by atoms with van der Waals surface area (Å²) in [5.74, 6) is 2.90. The number of methoxy groups -OCH3 is 1. The van der Waals surface area contributed by atoms with Crippen LogP contribution in [0.15, 0.2) is 94.7 Å². The highest BCUT2D eigenvalue weighted by atomic mass is 32.2. The van der Waals surface area contributed by atoms with Gasteiger partial charge in [-0.05, 0) is 53.2 Å². The molecule has 4 heterocycles. The molecule has 2 aliphatic rings. The summed E-state index contributed by atoms with van der Waals surface area (Å²) in [6.07, 6.45) is 0. The predicted octanol–water partition coefficient (Wildman–Crippen LogP) is 6.66. The van der Waals surface area contributed by atoms with Crippen LogP contribution in [0.2, 0.25) is 13.1 Å². The summed E-state index contributed by atoms with van der Waals surface area (Å²) in [4.78, 5) is 2.80. The van der Waals surface area contributed by atoms with E-state index in [1.54, 1.807) is 7.11 Å². The molecule has 1 radical (unpaired) electrons. The Labute approximate surface area is 226 Å². The van der Waals surface area contributed by atoms with Gasteiger partial charge < -0.3 is 4.74 Å². The quantitative estimate of drug-likeness (QED) is 0.140. The van der Waals surface area contributed by atoms with Crippen molar-refractivity contribution in [3.63, 3.8) is 0 Å². The molecular formula is C31H27N2OS2Si+2. The van der Waals surface area contributed by atoms with Crippen molar-refractivity contribution in [1.82, 2.24) is 0 Å². The standard InChI is InChI=1S/C16H15NSSi.C15H12NOS/c1-19(2)14-9-8-12-7-6-11-4-3-5-13-15(11)16(12)17(14)10-18-13;1-17-13-8-7-11-6-5-10-3-2-4-12-14(10)15(11)16(13)9-18-12/h3-9H,10H2,1-2H3;2-8H,9H2,1H3/q2*+1. The first kappa shape index (κ1) is 23.1. The Morgan fingerprint density at radius 2 is 1.14 bits per heavy atom. The molecule has 0 fully saturated rings. The molecule has 8 rings (SSSR count). The molecule has 0 spiro atoms. The third-order valence-corrected chi connectivity index (χ3v) is 10.9. The molecule has 0 saturated carbocycles. The van der Waals surface area contributed by atoms with Crippen molar-refractivity contribution >= 4 is 81.0 Å². The maximum atomic E-state index is 5.47. The van der Waals surface area contributed by atoms with E-state index < -0.39 is 8.80 Å². The fourth-order valence-corrected chi connectivity index (χ4v) is 9.05. The second-order valence-electron chi connectivity index (χ2n) is 9.71. The van der Waals surface area contributed by atoms with E-state index in [0.29, 0.717) is 0 Å². The number of benzene rings is 4. The number of thioether (sulfide) groups is 2. The van der Waals surface area contributed by atoms with E-state index in [1.165, 1.54) is 58.5 Å². The number of hydrogen-bond donors (Lipinski definition) is 0. The summed E-state index contributed by atoms with van der Waals surface area (Å²) in [5.41, 5.74) is 2.73. The zero-order chi connectivity index (χ0) is 25.1. The maximum absolute atomic E-state index is 5.47. The summed E-state index contributed by atoms with van der Waals surface area (Å²) >= 11 is 3.83. The van der Waals surface area contributed by atoms with Gasteiger partial charge in [0.2, 0.25) is 16.9 Å². The number of nitrogens with zero attached hydrogens (tertiary/aromatic N) is 2. The zero-order valence-corrected chi connectivity index (χ0v) is 23.7. The van der Waals surface area contributed by atoms with Gasteiger partial charge in [0.15, 0.2) is 20.0 Å². The van der Waals surface area contributed by atoms with Crippen LogP contribution in [0.4, 0.5) is 0 Å². The molecule has 2 aromatic heterocycles. The molecule has 2 aliphatic heterocycles. The highest BCUT2D eigenvalue weighted by Crippen LogP contribution is 2.37. The number of aromatic nitrogens is 2. The molecule has 3 nitrogen and oxygen atoms in total. The topological polar surface area (TPSA) is 17.0 Å². The monoisotopic (exact) mass is 535 g/mol. The van der Waals surface area contributed by atoms with Crippen LogP contribution in [0.1, 0.15) is 0 Å². The SMILES string of the molecule is COc1ccc2ccc3cccc4c3c2[n+]1CS4.C[Si](C)c1ccc2ccc3cccc4c3c2[n+]1CS4. The van der Waals surface area contributed by atoms with Crippen LogP contribution in [0.3, 0.4) is 0 Å². The predicted molar refractivity (Wildman–Crippen MR) is 159 cm³/mol. The van der Waals surface area contributed by atoms with Crippen LogP contribution in [0.25, 0.3) is 43.4 Å². The molecule has 0 unspecified atom stereocenters. The maximum Gasteiger partial charge on any atom is 0.368 e.